The molecule has 1 aromatic carbocycles. The van der Waals surface area contributed by atoms with Crippen molar-refractivity contribution in [3.63, 3.8) is 0 Å². The fourth-order valence-electron chi connectivity index (χ4n) is 2.05. The Morgan fingerprint density at radius 3 is 2.61 bits per heavy atom. The molecule has 0 N–H and O–H groups in total. The first-order valence-electron chi connectivity index (χ1n) is 6.55. The number of hydrogen-bond donors (Lipinski definition) is 0. The van der Waals surface area contributed by atoms with E-state index in [1.54, 1.807) is 0 Å². The smallest absolute Gasteiger partial charge is 0.140 e. The third kappa shape index (κ3) is 4.21. The molecule has 0 bridgehead atoms. The van der Waals surface area contributed by atoms with E-state index in [9.17, 15) is 13.6 Å². The van der Waals surface area contributed by atoms with Gasteiger partial charge in [0.1, 0.15) is 17.4 Å². The molecular weight excluding hydrogens is 234 g/mol. The van der Waals surface area contributed by atoms with Crippen LogP contribution < -0.4 is 0 Å². The van der Waals surface area contributed by atoms with Gasteiger partial charge in [-0.2, -0.15) is 0 Å². The van der Waals surface area contributed by atoms with E-state index >= 15 is 0 Å². The molecule has 0 aliphatic rings. The van der Waals surface area contributed by atoms with Crippen molar-refractivity contribution < 1.29 is 13.6 Å². The number of carbonyl (C=O) groups excluding carboxylic acids is 1. The van der Waals surface area contributed by atoms with E-state index in [4.69, 9.17) is 0 Å². The summed E-state index contributed by atoms with van der Waals surface area (Å²) < 4.78 is 26.4. The number of Topliss-reactive ketones (excluding diaryl/α,β-unsaturated/α-hetero) is 1. The molecule has 3 heteroatoms. The molecule has 18 heavy (non-hydrogen) atoms. The maximum Gasteiger partial charge on any atom is 0.140 e. The second-order valence-electron chi connectivity index (χ2n) is 4.63. The molecule has 0 amide bonds. The molecule has 0 aliphatic heterocycles. The lowest BCUT2D eigenvalue weighted by atomic mass is 9.91. The zero-order chi connectivity index (χ0) is 13.5. The van der Waals surface area contributed by atoms with Crippen LogP contribution in [0.3, 0.4) is 0 Å². The Kier molecular flexibility index (Phi) is 5.96. The molecule has 0 saturated heterocycles. The van der Waals surface area contributed by atoms with E-state index < -0.39 is 11.6 Å². The topological polar surface area (TPSA) is 17.1 Å². The van der Waals surface area contributed by atoms with Crippen molar-refractivity contribution in [3.8, 4) is 0 Å². The molecule has 1 nitrogen and oxygen atoms in total. The lowest BCUT2D eigenvalue weighted by molar-refractivity contribution is -0.122. The van der Waals surface area contributed by atoms with Gasteiger partial charge in [0.25, 0.3) is 0 Å². The minimum atomic E-state index is -0.505. The van der Waals surface area contributed by atoms with E-state index in [1.807, 2.05) is 6.92 Å². The van der Waals surface area contributed by atoms with Crippen LogP contribution in [-0.2, 0) is 11.2 Å². The molecule has 1 rings (SSSR count). The van der Waals surface area contributed by atoms with Gasteiger partial charge in [-0.05, 0) is 36.6 Å². The first-order chi connectivity index (χ1) is 8.58. The minimum absolute atomic E-state index is 0.00812. The van der Waals surface area contributed by atoms with Crippen LogP contribution in [0, 0.1) is 17.6 Å². The molecule has 0 aliphatic carbocycles. The van der Waals surface area contributed by atoms with E-state index in [1.165, 1.54) is 0 Å². The van der Waals surface area contributed by atoms with Crippen LogP contribution in [-0.4, -0.2) is 5.78 Å². The maximum absolute atomic E-state index is 13.4. The fraction of sp³-hybridized carbons (Fsp3) is 0.533. The number of hydrogen-bond acceptors (Lipinski definition) is 1. The zero-order valence-electron chi connectivity index (χ0n) is 11.0. The fourth-order valence-corrected chi connectivity index (χ4v) is 2.05. The SMILES string of the molecule is CCCCC(CC)C(=O)Cc1cc(F)ccc1F. The van der Waals surface area contributed by atoms with E-state index in [0.29, 0.717) is 0 Å². The molecule has 0 radical (unpaired) electrons. The van der Waals surface area contributed by atoms with Gasteiger partial charge in [-0.15, -0.1) is 0 Å². The number of unbranched alkanes of at least 4 members (excludes halogenated alkanes) is 1. The average Bonchev–Trinajstić information content (AvgIpc) is 2.35. The van der Waals surface area contributed by atoms with Crippen molar-refractivity contribution in [2.45, 2.75) is 46.0 Å². The summed E-state index contributed by atoms with van der Waals surface area (Å²) in [5.74, 6) is -1.03. The summed E-state index contributed by atoms with van der Waals surface area (Å²) >= 11 is 0. The summed E-state index contributed by atoms with van der Waals surface area (Å²) in [6, 6.07) is 3.25. The van der Waals surface area contributed by atoms with Crippen molar-refractivity contribution in [1.29, 1.82) is 0 Å². The number of ketones is 1. The zero-order valence-corrected chi connectivity index (χ0v) is 11.0. The lowest BCUT2D eigenvalue weighted by Crippen LogP contribution is -2.17. The van der Waals surface area contributed by atoms with Crippen molar-refractivity contribution in [2.24, 2.45) is 5.92 Å². The van der Waals surface area contributed by atoms with Gasteiger partial charge in [0.15, 0.2) is 0 Å². The highest BCUT2D eigenvalue weighted by molar-refractivity contribution is 5.83. The minimum Gasteiger partial charge on any atom is -0.299 e. The maximum atomic E-state index is 13.4. The lowest BCUT2D eigenvalue weighted by Gasteiger charge is -2.13. The standard InChI is InChI=1S/C15H20F2O/c1-3-5-6-11(4-2)15(18)10-12-9-13(16)7-8-14(12)17/h7-9,11H,3-6,10H2,1-2H3. The highest BCUT2D eigenvalue weighted by atomic mass is 19.1. The molecule has 0 spiro atoms. The number of rotatable bonds is 7. The average molecular weight is 254 g/mol. The second kappa shape index (κ2) is 7.24. The van der Waals surface area contributed by atoms with Crippen LogP contribution >= 0.6 is 0 Å². The highest BCUT2D eigenvalue weighted by Crippen LogP contribution is 2.18. The van der Waals surface area contributed by atoms with Gasteiger partial charge in [0.2, 0.25) is 0 Å². The predicted octanol–water partition coefficient (Wildman–Crippen LogP) is 4.29. The van der Waals surface area contributed by atoms with Crippen LogP contribution in [0.1, 0.15) is 45.1 Å². The summed E-state index contributed by atoms with van der Waals surface area (Å²) in [4.78, 5) is 12.0. The van der Waals surface area contributed by atoms with Gasteiger partial charge in [-0.3, -0.25) is 4.79 Å². The van der Waals surface area contributed by atoms with E-state index in [2.05, 4.69) is 6.92 Å². The molecule has 100 valence electrons. The van der Waals surface area contributed by atoms with E-state index in [0.717, 1.165) is 43.9 Å². The quantitative estimate of drug-likeness (QED) is 0.709. The van der Waals surface area contributed by atoms with Gasteiger partial charge in [0.05, 0.1) is 0 Å². The molecule has 0 heterocycles. The molecule has 1 unspecified atom stereocenters. The summed E-state index contributed by atoms with van der Waals surface area (Å²) in [6.07, 6.45) is 3.62. The summed E-state index contributed by atoms with van der Waals surface area (Å²) in [7, 11) is 0. The van der Waals surface area contributed by atoms with Crippen molar-refractivity contribution in [3.05, 3.63) is 35.4 Å². The van der Waals surface area contributed by atoms with Crippen molar-refractivity contribution >= 4 is 5.78 Å². The number of carbonyl (C=O) groups is 1. The normalized spacial score (nSPS) is 12.4. The second-order valence-corrected chi connectivity index (χ2v) is 4.63. The van der Waals surface area contributed by atoms with Crippen molar-refractivity contribution in [2.75, 3.05) is 0 Å². The molecule has 0 fully saturated rings. The third-order valence-electron chi connectivity index (χ3n) is 3.23. The largest absolute Gasteiger partial charge is 0.299 e. The molecule has 0 saturated carbocycles. The Labute approximate surface area is 107 Å². The van der Waals surface area contributed by atoms with Crippen LogP contribution in [0.2, 0.25) is 0 Å². The summed E-state index contributed by atoms with van der Waals surface area (Å²) in [5.41, 5.74) is 0.162. The first-order valence-corrected chi connectivity index (χ1v) is 6.55. The van der Waals surface area contributed by atoms with Crippen molar-refractivity contribution in [1.82, 2.24) is 0 Å². The highest BCUT2D eigenvalue weighted by Gasteiger charge is 2.18. The molecular formula is C15H20F2O. The van der Waals surface area contributed by atoms with Gasteiger partial charge in [0, 0.05) is 12.3 Å². The van der Waals surface area contributed by atoms with Crippen LogP contribution in [0.25, 0.3) is 0 Å². The number of halogens is 2. The molecule has 0 aromatic heterocycles. The van der Waals surface area contributed by atoms with Crippen LogP contribution in [0.4, 0.5) is 8.78 Å². The van der Waals surface area contributed by atoms with E-state index in [-0.39, 0.29) is 23.7 Å². The Balaban J connectivity index is 2.70. The monoisotopic (exact) mass is 254 g/mol. The Bertz CT molecular complexity index is 401. The summed E-state index contributed by atoms with van der Waals surface area (Å²) in [5, 5.41) is 0. The Hall–Kier alpha value is -1.25. The van der Waals surface area contributed by atoms with Crippen LogP contribution in [0.5, 0.6) is 0 Å². The Morgan fingerprint density at radius 2 is 2.00 bits per heavy atom. The molecule has 1 atom stereocenters. The predicted molar refractivity (Wildman–Crippen MR) is 68.4 cm³/mol. The van der Waals surface area contributed by atoms with Gasteiger partial charge < -0.3 is 0 Å². The van der Waals surface area contributed by atoms with Gasteiger partial charge in [-0.25, -0.2) is 8.78 Å². The Morgan fingerprint density at radius 1 is 1.28 bits per heavy atom. The molecule has 1 aromatic rings. The van der Waals surface area contributed by atoms with Gasteiger partial charge in [-0.1, -0.05) is 26.7 Å². The van der Waals surface area contributed by atoms with Gasteiger partial charge >= 0.3 is 0 Å². The first kappa shape index (κ1) is 14.8. The third-order valence-corrected chi connectivity index (χ3v) is 3.23. The summed E-state index contributed by atoms with van der Waals surface area (Å²) in [6.45, 7) is 4.03. The number of benzene rings is 1. The van der Waals surface area contributed by atoms with Crippen LogP contribution in [0.15, 0.2) is 18.2 Å².